The summed E-state index contributed by atoms with van der Waals surface area (Å²) < 4.78 is 5.37. The first-order valence-electron chi connectivity index (χ1n) is 7.10. The third-order valence-electron chi connectivity index (χ3n) is 4.73. The first-order chi connectivity index (χ1) is 9.86. The SMILES string of the molecule is C[N+]1([O-])[C@@H]2CC[C@H]1CC(OC(=O)c1cc(Cl)cc(Cl)c1)C2. The van der Waals surface area contributed by atoms with Crippen molar-refractivity contribution in [1.29, 1.82) is 0 Å². The van der Waals surface area contributed by atoms with Gasteiger partial charge in [0.25, 0.3) is 0 Å². The number of carbonyl (C=O) groups excluding carboxylic acids is 1. The zero-order valence-corrected chi connectivity index (χ0v) is 13.2. The minimum atomic E-state index is -0.425. The summed E-state index contributed by atoms with van der Waals surface area (Å²) in [5.41, 5.74) is 0.352. The second kappa shape index (κ2) is 5.43. The molecule has 0 aromatic heterocycles. The van der Waals surface area contributed by atoms with Gasteiger partial charge in [0.15, 0.2) is 0 Å². The molecule has 2 aliphatic rings. The van der Waals surface area contributed by atoms with Crippen LogP contribution < -0.4 is 0 Å². The van der Waals surface area contributed by atoms with Gasteiger partial charge in [-0.05, 0) is 18.2 Å². The van der Waals surface area contributed by atoms with Gasteiger partial charge in [-0.15, -0.1) is 0 Å². The average molecular weight is 330 g/mol. The zero-order chi connectivity index (χ0) is 15.2. The first kappa shape index (κ1) is 15.1. The molecule has 1 aromatic carbocycles. The predicted molar refractivity (Wildman–Crippen MR) is 81.3 cm³/mol. The molecule has 0 amide bonds. The lowest BCUT2D eigenvalue weighted by atomic mass is 9.99. The molecule has 114 valence electrons. The van der Waals surface area contributed by atoms with Gasteiger partial charge in [0.05, 0.1) is 24.7 Å². The Bertz CT molecular complexity index is 540. The fraction of sp³-hybridized carbons (Fsp3) is 0.533. The van der Waals surface area contributed by atoms with Crippen LogP contribution in [0.4, 0.5) is 0 Å². The first-order valence-corrected chi connectivity index (χ1v) is 7.86. The van der Waals surface area contributed by atoms with Crippen molar-refractivity contribution in [3.8, 4) is 0 Å². The van der Waals surface area contributed by atoms with Crippen LogP contribution in [0, 0.1) is 5.21 Å². The molecule has 2 bridgehead atoms. The molecule has 21 heavy (non-hydrogen) atoms. The molecule has 0 aliphatic carbocycles. The highest BCUT2D eigenvalue weighted by atomic mass is 35.5. The number of carbonyl (C=O) groups is 1. The summed E-state index contributed by atoms with van der Waals surface area (Å²) in [6.45, 7) is 0. The van der Waals surface area contributed by atoms with Crippen molar-refractivity contribution in [3.63, 3.8) is 0 Å². The molecule has 4 atom stereocenters. The van der Waals surface area contributed by atoms with Crippen molar-refractivity contribution in [2.75, 3.05) is 7.05 Å². The smallest absolute Gasteiger partial charge is 0.338 e. The summed E-state index contributed by atoms with van der Waals surface area (Å²) >= 11 is 11.8. The molecule has 1 aromatic rings. The topological polar surface area (TPSA) is 49.4 Å². The van der Waals surface area contributed by atoms with Gasteiger partial charge >= 0.3 is 5.97 Å². The molecule has 3 rings (SSSR count). The second-order valence-corrected chi connectivity index (χ2v) is 6.97. The Balaban J connectivity index is 1.69. The van der Waals surface area contributed by atoms with Crippen molar-refractivity contribution in [2.45, 2.75) is 43.9 Å². The van der Waals surface area contributed by atoms with E-state index in [9.17, 15) is 10.0 Å². The van der Waals surface area contributed by atoms with Crippen LogP contribution in [-0.2, 0) is 4.74 Å². The van der Waals surface area contributed by atoms with E-state index >= 15 is 0 Å². The van der Waals surface area contributed by atoms with Crippen LogP contribution in [0.25, 0.3) is 0 Å². The minimum absolute atomic E-state index is 0.0458. The Morgan fingerprint density at radius 3 is 2.24 bits per heavy atom. The van der Waals surface area contributed by atoms with E-state index in [4.69, 9.17) is 27.9 Å². The van der Waals surface area contributed by atoms with Crippen LogP contribution >= 0.6 is 23.2 Å². The molecule has 0 N–H and O–H groups in total. The molecular weight excluding hydrogens is 313 g/mol. The van der Waals surface area contributed by atoms with E-state index in [1.165, 1.54) is 0 Å². The highest BCUT2D eigenvalue weighted by Crippen LogP contribution is 2.41. The molecular formula is C15H17Cl2NO3. The Morgan fingerprint density at radius 1 is 1.19 bits per heavy atom. The number of ether oxygens (including phenoxy) is 1. The van der Waals surface area contributed by atoms with E-state index in [0.29, 0.717) is 28.5 Å². The van der Waals surface area contributed by atoms with E-state index in [1.807, 2.05) is 0 Å². The van der Waals surface area contributed by atoms with E-state index in [-0.39, 0.29) is 22.8 Å². The maximum Gasteiger partial charge on any atom is 0.338 e. The van der Waals surface area contributed by atoms with Gasteiger partial charge in [0.1, 0.15) is 6.10 Å². The summed E-state index contributed by atoms with van der Waals surface area (Å²) in [5.74, 6) is -0.425. The van der Waals surface area contributed by atoms with Gasteiger partial charge in [-0.2, -0.15) is 0 Å². The second-order valence-electron chi connectivity index (χ2n) is 6.10. The summed E-state index contributed by atoms with van der Waals surface area (Å²) in [6.07, 6.45) is 2.92. The van der Waals surface area contributed by atoms with Crippen molar-refractivity contribution in [3.05, 3.63) is 39.0 Å². The van der Waals surface area contributed by atoms with Crippen LogP contribution in [0.1, 0.15) is 36.0 Å². The number of benzene rings is 1. The van der Waals surface area contributed by atoms with Crippen molar-refractivity contribution in [2.24, 2.45) is 0 Å². The highest BCUT2D eigenvalue weighted by molar-refractivity contribution is 6.35. The number of esters is 1. The number of quaternary nitrogens is 1. The third-order valence-corrected chi connectivity index (χ3v) is 5.16. The molecule has 0 spiro atoms. The number of fused-ring (bicyclic) bond motifs is 2. The lowest BCUT2D eigenvalue weighted by molar-refractivity contribution is -0.903. The number of rotatable bonds is 2. The maximum atomic E-state index is 12.4. The number of hydrogen-bond acceptors (Lipinski definition) is 3. The van der Waals surface area contributed by atoms with Gasteiger partial charge in [0, 0.05) is 35.7 Å². The van der Waals surface area contributed by atoms with Gasteiger partial charge < -0.3 is 14.6 Å². The number of halogens is 2. The molecule has 2 unspecified atom stereocenters. The molecule has 2 heterocycles. The number of hydroxylamine groups is 3. The molecule has 2 saturated heterocycles. The van der Waals surface area contributed by atoms with Crippen LogP contribution in [0.5, 0.6) is 0 Å². The van der Waals surface area contributed by atoms with E-state index in [0.717, 1.165) is 12.8 Å². The van der Waals surface area contributed by atoms with Crippen LogP contribution in [0.2, 0.25) is 10.0 Å². The molecule has 0 radical (unpaired) electrons. The predicted octanol–water partition coefficient (Wildman–Crippen LogP) is 3.79. The molecule has 4 nitrogen and oxygen atoms in total. The van der Waals surface area contributed by atoms with E-state index in [1.54, 1.807) is 25.2 Å². The summed E-state index contributed by atoms with van der Waals surface area (Å²) in [4.78, 5) is 12.2. The van der Waals surface area contributed by atoms with Crippen molar-refractivity contribution in [1.82, 2.24) is 0 Å². The van der Waals surface area contributed by atoms with Crippen molar-refractivity contribution >= 4 is 29.2 Å². The Morgan fingerprint density at radius 2 is 1.71 bits per heavy atom. The standard InChI is InChI=1S/C15H17Cl2NO3/c1-18(20)12-2-3-13(18)8-14(7-12)21-15(19)9-4-10(16)6-11(17)5-9/h4-6,12-14H,2-3,7-8H2,1H3/t12-,13+,14?,18?. The molecule has 2 aliphatic heterocycles. The van der Waals surface area contributed by atoms with Gasteiger partial charge in [-0.1, -0.05) is 23.2 Å². The van der Waals surface area contributed by atoms with Gasteiger partial charge in [-0.25, -0.2) is 4.79 Å². The fourth-order valence-electron chi connectivity index (χ4n) is 3.54. The minimum Gasteiger partial charge on any atom is -0.633 e. The molecule has 2 fully saturated rings. The average Bonchev–Trinajstić information content (AvgIpc) is 2.58. The fourth-order valence-corrected chi connectivity index (χ4v) is 4.07. The van der Waals surface area contributed by atoms with Crippen LogP contribution in [0.3, 0.4) is 0 Å². The van der Waals surface area contributed by atoms with E-state index < -0.39 is 5.97 Å². The number of hydrogen-bond donors (Lipinski definition) is 0. The Kier molecular flexibility index (Phi) is 3.91. The monoisotopic (exact) mass is 329 g/mol. The Hall–Kier alpha value is -0.810. The lowest BCUT2D eigenvalue weighted by Gasteiger charge is -2.50. The van der Waals surface area contributed by atoms with Crippen molar-refractivity contribution < 1.29 is 14.2 Å². The maximum absolute atomic E-state index is 12.4. The molecule has 0 saturated carbocycles. The van der Waals surface area contributed by atoms with Gasteiger partial charge in [-0.3, -0.25) is 0 Å². The normalized spacial score (nSPS) is 34.8. The van der Waals surface area contributed by atoms with E-state index in [2.05, 4.69) is 0 Å². The zero-order valence-electron chi connectivity index (χ0n) is 11.7. The third kappa shape index (κ3) is 2.90. The summed E-state index contributed by atoms with van der Waals surface area (Å²) in [7, 11) is 1.73. The largest absolute Gasteiger partial charge is 0.633 e. The number of piperidine rings is 1. The quantitative estimate of drug-likeness (QED) is 0.471. The summed E-state index contributed by atoms with van der Waals surface area (Å²) in [5, 5.41) is 13.2. The Labute approximate surface area is 133 Å². The lowest BCUT2D eigenvalue weighted by Crippen LogP contribution is -2.54. The van der Waals surface area contributed by atoms with Crippen LogP contribution in [0.15, 0.2) is 18.2 Å². The van der Waals surface area contributed by atoms with Gasteiger partial charge in [0.2, 0.25) is 0 Å². The highest BCUT2D eigenvalue weighted by Gasteiger charge is 2.47. The summed E-state index contributed by atoms with van der Waals surface area (Å²) in [6, 6.07) is 4.75. The molecule has 6 heteroatoms. The van der Waals surface area contributed by atoms with Crippen LogP contribution in [-0.4, -0.2) is 35.9 Å². The number of nitrogens with zero attached hydrogens (tertiary/aromatic N) is 1.